The van der Waals surface area contributed by atoms with E-state index in [4.69, 9.17) is 4.74 Å². The maximum absolute atomic E-state index is 15.3. The predicted octanol–water partition coefficient (Wildman–Crippen LogP) is 3.97. The number of allylic oxidation sites excluding steroid dienone is 2. The van der Waals surface area contributed by atoms with Gasteiger partial charge in [-0.15, -0.1) is 0 Å². The molecule has 5 rings (SSSR count). The van der Waals surface area contributed by atoms with E-state index in [1.807, 2.05) is 13.0 Å². The smallest absolute Gasteiger partial charge is 0.181 e. The third kappa shape index (κ3) is 1.68. The number of epoxide rings is 1. The fourth-order valence-corrected chi connectivity index (χ4v) is 7.58. The summed E-state index contributed by atoms with van der Waals surface area (Å²) in [5.41, 5.74) is 0.278. The minimum Gasteiger partial charge on any atom is -0.364 e. The highest BCUT2D eigenvalue weighted by atomic mass is 19.1. The molecule has 0 radical (unpaired) electrons. The van der Waals surface area contributed by atoms with Crippen molar-refractivity contribution in [3.05, 3.63) is 23.3 Å². The normalized spacial score (nSPS) is 54.3. The lowest BCUT2D eigenvalue weighted by atomic mass is 9.46. The Morgan fingerprint density at radius 3 is 2.69 bits per heavy atom. The highest BCUT2D eigenvalue weighted by molar-refractivity contribution is 6.05. The molecule has 140 valence electrons. The van der Waals surface area contributed by atoms with E-state index in [2.05, 4.69) is 13.8 Å². The van der Waals surface area contributed by atoms with Crippen molar-refractivity contribution in [3.63, 3.8) is 0 Å². The lowest BCUT2D eigenvalue weighted by molar-refractivity contribution is -0.126. The van der Waals surface area contributed by atoms with Gasteiger partial charge in [-0.2, -0.15) is 0 Å². The first kappa shape index (κ1) is 16.9. The molecule has 1 heterocycles. The molecule has 8 atom stereocenters. The molecule has 0 N–H and O–H groups in total. The SMILES string of the molecule is CC(=O)[C@H]1CC[C@H]2[C@@H]3CC(F)C4=CC(=O)C(C)=C[C@]4(C)[C@]34OC4C[C@]12C. The van der Waals surface area contributed by atoms with E-state index < -0.39 is 11.6 Å². The van der Waals surface area contributed by atoms with Crippen molar-refractivity contribution < 1.29 is 18.7 Å². The lowest BCUT2D eigenvalue weighted by Crippen LogP contribution is -2.59. The van der Waals surface area contributed by atoms with Crippen LogP contribution in [0.4, 0.5) is 4.39 Å². The van der Waals surface area contributed by atoms with Gasteiger partial charge in [0.05, 0.1) is 6.10 Å². The Labute approximate surface area is 154 Å². The summed E-state index contributed by atoms with van der Waals surface area (Å²) in [5, 5.41) is 0. The van der Waals surface area contributed by atoms with Gasteiger partial charge in [-0.25, -0.2) is 4.39 Å². The van der Waals surface area contributed by atoms with Gasteiger partial charge in [0.15, 0.2) is 5.78 Å². The predicted molar refractivity (Wildman–Crippen MR) is 95.2 cm³/mol. The van der Waals surface area contributed by atoms with Crippen LogP contribution < -0.4 is 0 Å². The van der Waals surface area contributed by atoms with E-state index in [0.29, 0.717) is 23.5 Å². The molecule has 0 bridgehead atoms. The molecule has 0 aromatic heterocycles. The molecular weight excluding hydrogens is 331 g/mol. The molecule has 0 aromatic rings. The second kappa shape index (κ2) is 4.76. The number of carbonyl (C=O) groups excluding carboxylic acids is 2. The van der Waals surface area contributed by atoms with Gasteiger partial charge in [0, 0.05) is 11.3 Å². The van der Waals surface area contributed by atoms with E-state index in [9.17, 15) is 9.59 Å². The van der Waals surface area contributed by atoms with Crippen molar-refractivity contribution in [1.29, 1.82) is 0 Å². The minimum atomic E-state index is -1.10. The first-order valence-electron chi connectivity index (χ1n) is 9.93. The number of halogens is 1. The van der Waals surface area contributed by atoms with Crippen molar-refractivity contribution in [2.24, 2.45) is 28.6 Å². The second-order valence-electron chi connectivity index (χ2n) is 9.76. The number of rotatable bonds is 1. The third-order valence-electron chi connectivity index (χ3n) is 8.71. The number of carbonyl (C=O) groups is 2. The average molecular weight is 358 g/mol. The van der Waals surface area contributed by atoms with Crippen LogP contribution in [0, 0.1) is 28.6 Å². The summed E-state index contributed by atoms with van der Waals surface area (Å²) in [6, 6.07) is 0. The molecular formula is C22H27FO3. The summed E-state index contributed by atoms with van der Waals surface area (Å²) in [6.07, 6.45) is 5.65. The molecule has 1 saturated heterocycles. The zero-order valence-corrected chi connectivity index (χ0v) is 16.0. The maximum atomic E-state index is 15.3. The standard InChI is InChI=1S/C22H27FO3/c1-11-9-21(4)16(8-18(11)25)17(23)7-15-14-6-5-13(12(2)24)20(14,3)10-19-22(15,21)26-19/h8-9,13-15,17,19H,5-7,10H2,1-4H3/t13-,14+,15+,17?,19?,20-,21+,22+/m1/s1. The highest BCUT2D eigenvalue weighted by Crippen LogP contribution is 2.75. The van der Waals surface area contributed by atoms with Crippen LogP contribution in [0.15, 0.2) is 23.3 Å². The van der Waals surface area contributed by atoms with E-state index in [-0.39, 0.29) is 40.5 Å². The Morgan fingerprint density at radius 1 is 1.27 bits per heavy atom. The maximum Gasteiger partial charge on any atom is 0.181 e. The largest absolute Gasteiger partial charge is 0.364 e. The molecule has 5 aliphatic rings. The van der Waals surface area contributed by atoms with Crippen molar-refractivity contribution in [1.82, 2.24) is 0 Å². The van der Waals surface area contributed by atoms with Crippen LogP contribution in [0.25, 0.3) is 0 Å². The lowest BCUT2D eigenvalue weighted by Gasteiger charge is -2.55. The fraction of sp³-hybridized carbons (Fsp3) is 0.727. The molecule has 2 unspecified atom stereocenters. The first-order chi connectivity index (χ1) is 12.1. The highest BCUT2D eigenvalue weighted by Gasteiger charge is 2.80. The summed E-state index contributed by atoms with van der Waals surface area (Å²) in [4.78, 5) is 24.4. The van der Waals surface area contributed by atoms with Gasteiger partial charge in [-0.1, -0.05) is 13.0 Å². The van der Waals surface area contributed by atoms with Crippen LogP contribution in [-0.4, -0.2) is 29.4 Å². The van der Waals surface area contributed by atoms with Gasteiger partial charge >= 0.3 is 0 Å². The van der Waals surface area contributed by atoms with Crippen molar-refractivity contribution >= 4 is 11.6 Å². The Bertz CT molecular complexity index is 797. The van der Waals surface area contributed by atoms with Gasteiger partial charge in [0.1, 0.15) is 17.6 Å². The zero-order chi connectivity index (χ0) is 18.6. The van der Waals surface area contributed by atoms with Gasteiger partial charge in [0.25, 0.3) is 0 Å². The first-order valence-corrected chi connectivity index (χ1v) is 9.93. The van der Waals surface area contributed by atoms with Crippen molar-refractivity contribution in [3.8, 4) is 0 Å². The second-order valence-corrected chi connectivity index (χ2v) is 9.76. The van der Waals surface area contributed by atoms with Crippen molar-refractivity contribution in [2.45, 2.75) is 71.3 Å². The number of hydrogen-bond donors (Lipinski definition) is 0. The summed E-state index contributed by atoms with van der Waals surface area (Å²) in [5.74, 6) is 0.692. The Balaban J connectivity index is 1.62. The summed E-state index contributed by atoms with van der Waals surface area (Å²) < 4.78 is 21.7. The van der Waals surface area contributed by atoms with E-state index in [0.717, 1.165) is 19.3 Å². The van der Waals surface area contributed by atoms with E-state index in [1.165, 1.54) is 6.08 Å². The molecule has 0 amide bonds. The molecule has 26 heavy (non-hydrogen) atoms. The number of fused-ring (bicyclic) bond motifs is 3. The quantitative estimate of drug-likeness (QED) is 0.667. The van der Waals surface area contributed by atoms with Crippen LogP contribution in [0.2, 0.25) is 0 Å². The number of hydrogen-bond acceptors (Lipinski definition) is 3. The molecule has 1 aliphatic heterocycles. The van der Waals surface area contributed by atoms with Crippen LogP contribution in [0.5, 0.6) is 0 Å². The molecule has 3 saturated carbocycles. The summed E-state index contributed by atoms with van der Waals surface area (Å²) in [7, 11) is 0. The Kier molecular flexibility index (Phi) is 3.08. The number of ether oxygens (including phenoxy) is 1. The molecule has 3 nitrogen and oxygen atoms in total. The molecule has 0 aromatic carbocycles. The van der Waals surface area contributed by atoms with Gasteiger partial charge < -0.3 is 4.74 Å². The topological polar surface area (TPSA) is 46.7 Å². The minimum absolute atomic E-state index is 0.0619. The van der Waals surface area contributed by atoms with Crippen LogP contribution in [-0.2, 0) is 14.3 Å². The number of alkyl halides is 1. The molecule has 4 fully saturated rings. The zero-order valence-electron chi connectivity index (χ0n) is 16.0. The number of ketones is 2. The van der Waals surface area contributed by atoms with Crippen LogP contribution >= 0.6 is 0 Å². The molecule has 4 heteroatoms. The summed E-state index contributed by atoms with van der Waals surface area (Å²) >= 11 is 0. The van der Waals surface area contributed by atoms with E-state index in [1.54, 1.807) is 6.92 Å². The van der Waals surface area contributed by atoms with Gasteiger partial charge in [-0.3, -0.25) is 9.59 Å². The third-order valence-corrected chi connectivity index (χ3v) is 8.71. The van der Waals surface area contributed by atoms with E-state index >= 15 is 4.39 Å². The summed E-state index contributed by atoms with van der Waals surface area (Å²) in [6.45, 7) is 7.82. The fourth-order valence-electron chi connectivity index (χ4n) is 7.58. The number of Topliss-reactive ketones (excluding diaryl/α,β-unsaturated/α-hetero) is 1. The Hall–Kier alpha value is -1.29. The van der Waals surface area contributed by atoms with Crippen molar-refractivity contribution in [2.75, 3.05) is 0 Å². The molecule has 4 aliphatic carbocycles. The van der Waals surface area contributed by atoms with Gasteiger partial charge in [-0.05, 0) is 80.9 Å². The monoisotopic (exact) mass is 358 g/mol. The van der Waals surface area contributed by atoms with Crippen LogP contribution in [0.1, 0.15) is 53.4 Å². The van der Waals surface area contributed by atoms with Crippen LogP contribution in [0.3, 0.4) is 0 Å². The average Bonchev–Trinajstić information content (AvgIpc) is 3.16. The molecule has 1 spiro atoms. The van der Waals surface area contributed by atoms with Gasteiger partial charge in [0.2, 0.25) is 0 Å². The Morgan fingerprint density at radius 2 is 2.00 bits per heavy atom.